The van der Waals surface area contributed by atoms with Gasteiger partial charge in [-0.3, -0.25) is 0 Å². The average Bonchev–Trinajstić information content (AvgIpc) is 2.03. The Labute approximate surface area is 74.8 Å². The van der Waals surface area contributed by atoms with Crippen LogP contribution in [0, 0.1) is 0 Å². The lowest BCUT2D eigenvalue weighted by atomic mass is 9.98. The zero-order valence-electron chi connectivity index (χ0n) is 8.30. The van der Waals surface area contributed by atoms with Crippen molar-refractivity contribution < 1.29 is 10.2 Å². The van der Waals surface area contributed by atoms with Crippen LogP contribution in [0.4, 0.5) is 0 Å². The average molecular weight is 175 g/mol. The van der Waals surface area contributed by atoms with E-state index in [1.807, 2.05) is 13.8 Å². The molecular formula is C9H21NO2. The molecule has 0 saturated carbocycles. The first-order valence-electron chi connectivity index (χ1n) is 4.65. The van der Waals surface area contributed by atoms with Gasteiger partial charge in [0.15, 0.2) is 0 Å². The fourth-order valence-electron chi connectivity index (χ4n) is 1.01. The number of hydrogen-bond acceptors (Lipinski definition) is 3. The second-order valence-corrected chi connectivity index (χ2v) is 3.41. The zero-order valence-corrected chi connectivity index (χ0v) is 8.30. The highest BCUT2D eigenvalue weighted by Crippen LogP contribution is 2.12. The third-order valence-electron chi connectivity index (χ3n) is 2.21. The van der Waals surface area contributed by atoms with Crippen LogP contribution in [0.15, 0.2) is 0 Å². The van der Waals surface area contributed by atoms with Crippen LogP contribution in [0.25, 0.3) is 0 Å². The topological polar surface area (TPSA) is 52.5 Å². The SMILES string of the molecule is CCC(O)(CC)CNCC(C)O. The lowest BCUT2D eigenvalue weighted by Gasteiger charge is -2.25. The third-order valence-corrected chi connectivity index (χ3v) is 2.21. The first-order chi connectivity index (χ1) is 5.54. The number of rotatable bonds is 6. The molecule has 0 aromatic carbocycles. The van der Waals surface area contributed by atoms with Gasteiger partial charge in [0.1, 0.15) is 0 Å². The predicted octanol–water partition coefficient (Wildman–Crippen LogP) is 0.508. The van der Waals surface area contributed by atoms with Gasteiger partial charge in [0.2, 0.25) is 0 Å². The van der Waals surface area contributed by atoms with E-state index in [2.05, 4.69) is 5.32 Å². The standard InChI is InChI=1S/C9H21NO2/c1-4-9(12,5-2)7-10-6-8(3)11/h8,10-12H,4-7H2,1-3H3. The maximum absolute atomic E-state index is 9.80. The first kappa shape index (κ1) is 11.9. The van der Waals surface area contributed by atoms with E-state index < -0.39 is 5.60 Å². The molecule has 0 aromatic heterocycles. The van der Waals surface area contributed by atoms with E-state index in [9.17, 15) is 5.11 Å². The molecule has 3 N–H and O–H groups in total. The Bertz CT molecular complexity index is 111. The fraction of sp³-hybridized carbons (Fsp3) is 1.00. The molecule has 0 aliphatic carbocycles. The van der Waals surface area contributed by atoms with Crippen molar-refractivity contribution in [1.82, 2.24) is 5.32 Å². The molecule has 3 heteroatoms. The van der Waals surface area contributed by atoms with Crippen LogP contribution in [-0.2, 0) is 0 Å². The minimum Gasteiger partial charge on any atom is -0.392 e. The Hall–Kier alpha value is -0.120. The Morgan fingerprint density at radius 2 is 1.83 bits per heavy atom. The molecule has 0 rings (SSSR count). The van der Waals surface area contributed by atoms with Crippen molar-refractivity contribution in [2.45, 2.75) is 45.3 Å². The fourth-order valence-corrected chi connectivity index (χ4v) is 1.01. The van der Waals surface area contributed by atoms with Gasteiger partial charge in [-0.2, -0.15) is 0 Å². The zero-order chi connectivity index (χ0) is 9.61. The molecule has 12 heavy (non-hydrogen) atoms. The van der Waals surface area contributed by atoms with Crippen LogP contribution in [0.1, 0.15) is 33.6 Å². The van der Waals surface area contributed by atoms with Crippen molar-refractivity contribution in [2.75, 3.05) is 13.1 Å². The molecular weight excluding hydrogens is 154 g/mol. The monoisotopic (exact) mass is 175 g/mol. The Morgan fingerprint density at radius 1 is 1.33 bits per heavy atom. The van der Waals surface area contributed by atoms with Gasteiger partial charge in [0, 0.05) is 13.1 Å². The number of hydrogen-bond donors (Lipinski definition) is 3. The van der Waals surface area contributed by atoms with Crippen LogP contribution >= 0.6 is 0 Å². The normalized spacial score (nSPS) is 14.8. The maximum Gasteiger partial charge on any atom is 0.0766 e. The third kappa shape index (κ3) is 4.70. The van der Waals surface area contributed by atoms with Gasteiger partial charge in [-0.25, -0.2) is 0 Å². The van der Waals surface area contributed by atoms with E-state index in [1.165, 1.54) is 0 Å². The van der Waals surface area contributed by atoms with Gasteiger partial charge in [-0.05, 0) is 19.8 Å². The lowest BCUT2D eigenvalue weighted by molar-refractivity contribution is 0.0300. The van der Waals surface area contributed by atoms with Gasteiger partial charge in [0.05, 0.1) is 11.7 Å². The van der Waals surface area contributed by atoms with Gasteiger partial charge >= 0.3 is 0 Å². The second-order valence-electron chi connectivity index (χ2n) is 3.41. The summed E-state index contributed by atoms with van der Waals surface area (Å²) in [6.45, 7) is 6.76. The molecule has 0 spiro atoms. The number of aliphatic hydroxyl groups excluding tert-OH is 1. The van der Waals surface area contributed by atoms with Gasteiger partial charge in [-0.15, -0.1) is 0 Å². The predicted molar refractivity (Wildman–Crippen MR) is 50.1 cm³/mol. The van der Waals surface area contributed by atoms with E-state index in [0.717, 1.165) is 12.8 Å². The van der Waals surface area contributed by atoms with Gasteiger partial charge in [-0.1, -0.05) is 13.8 Å². The summed E-state index contributed by atoms with van der Waals surface area (Å²) < 4.78 is 0. The van der Waals surface area contributed by atoms with Gasteiger partial charge in [0.25, 0.3) is 0 Å². The summed E-state index contributed by atoms with van der Waals surface area (Å²) in [5.41, 5.74) is -0.602. The molecule has 74 valence electrons. The minimum atomic E-state index is -0.602. The number of aliphatic hydroxyl groups is 2. The summed E-state index contributed by atoms with van der Waals surface area (Å²) in [7, 11) is 0. The van der Waals surface area contributed by atoms with Gasteiger partial charge < -0.3 is 15.5 Å². The van der Waals surface area contributed by atoms with Crippen molar-refractivity contribution in [2.24, 2.45) is 0 Å². The summed E-state index contributed by atoms with van der Waals surface area (Å²) >= 11 is 0. The van der Waals surface area contributed by atoms with E-state index in [4.69, 9.17) is 5.11 Å². The van der Waals surface area contributed by atoms with Crippen LogP contribution in [0.2, 0.25) is 0 Å². The molecule has 0 amide bonds. The summed E-state index contributed by atoms with van der Waals surface area (Å²) in [5, 5.41) is 21.8. The highest BCUT2D eigenvalue weighted by Gasteiger charge is 2.21. The first-order valence-corrected chi connectivity index (χ1v) is 4.65. The van der Waals surface area contributed by atoms with Crippen molar-refractivity contribution in [1.29, 1.82) is 0 Å². The van der Waals surface area contributed by atoms with Crippen molar-refractivity contribution in [3.8, 4) is 0 Å². The molecule has 1 atom stereocenters. The van der Waals surface area contributed by atoms with E-state index >= 15 is 0 Å². The lowest BCUT2D eigenvalue weighted by Crippen LogP contribution is -2.41. The van der Waals surface area contributed by atoms with Crippen molar-refractivity contribution >= 4 is 0 Å². The maximum atomic E-state index is 9.80. The Balaban J connectivity index is 3.58. The van der Waals surface area contributed by atoms with E-state index in [-0.39, 0.29) is 6.10 Å². The van der Waals surface area contributed by atoms with E-state index in [1.54, 1.807) is 6.92 Å². The van der Waals surface area contributed by atoms with E-state index in [0.29, 0.717) is 13.1 Å². The summed E-state index contributed by atoms with van der Waals surface area (Å²) in [6, 6.07) is 0. The van der Waals surface area contributed by atoms with Crippen LogP contribution in [0.5, 0.6) is 0 Å². The minimum absolute atomic E-state index is 0.344. The molecule has 0 saturated heterocycles. The number of nitrogens with one attached hydrogen (secondary N) is 1. The summed E-state index contributed by atoms with van der Waals surface area (Å²) in [6.07, 6.45) is 1.15. The molecule has 1 unspecified atom stereocenters. The highest BCUT2D eigenvalue weighted by atomic mass is 16.3. The van der Waals surface area contributed by atoms with Crippen LogP contribution in [0.3, 0.4) is 0 Å². The molecule has 0 heterocycles. The molecule has 3 nitrogen and oxygen atoms in total. The highest BCUT2D eigenvalue weighted by molar-refractivity contribution is 4.77. The molecule has 0 bridgehead atoms. The summed E-state index contributed by atoms with van der Waals surface area (Å²) in [4.78, 5) is 0. The molecule has 0 aliphatic rings. The molecule has 0 aliphatic heterocycles. The van der Waals surface area contributed by atoms with Crippen LogP contribution in [-0.4, -0.2) is 35.0 Å². The molecule has 0 radical (unpaired) electrons. The molecule has 0 aromatic rings. The largest absolute Gasteiger partial charge is 0.392 e. The molecule has 0 fully saturated rings. The Kier molecular flexibility index (Phi) is 5.46. The Morgan fingerprint density at radius 3 is 2.17 bits per heavy atom. The smallest absolute Gasteiger partial charge is 0.0766 e. The second kappa shape index (κ2) is 5.51. The van der Waals surface area contributed by atoms with Crippen LogP contribution < -0.4 is 5.32 Å². The quantitative estimate of drug-likeness (QED) is 0.551. The van der Waals surface area contributed by atoms with Crippen molar-refractivity contribution in [3.63, 3.8) is 0 Å². The summed E-state index contributed by atoms with van der Waals surface area (Å²) in [5.74, 6) is 0. The van der Waals surface area contributed by atoms with Crippen molar-refractivity contribution in [3.05, 3.63) is 0 Å².